The third-order valence-electron chi connectivity index (χ3n) is 2.86. The van der Waals surface area contributed by atoms with Gasteiger partial charge in [0, 0.05) is 16.9 Å². The van der Waals surface area contributed by atoms with Crippen molar-refractivity contribution in [1.29, 1.82) is 0 Å². The lowest BCUT2D eigenvalue weighted by molar-refractivity contribution is -0.885. The van der Waals surface area contributed by atoms with Crippen LogP contribution in [0.25, 0.3) is 11.1 Å². The Morgan fingerprint density at radius 3 is 2.15 bits per heavy atom. The number of alkyl halides is 3. The second-order valence-electron chi connectivity index (χ2n) is 4.04. The van der Waals surface area contributed by atoms with Gasteiger partial charge in [0.25, 0.3) is 0 Å². The SMILES string of the molecule is COc1ccc(C(F)(F)F)c(-c2cc[n+](OC)cc2)c1. The van der Waals surface area contributed by atoms with Crippen LogP contribution in [-0.2, 0) is 6.18 Å². The summed E-state index contributed by atoms with van der Waals surface area (Å²) in [4.78, 5) is 4.92. The summed E-state index contributed by atoms with van der Waals surface area (Å²) >= 11 is 0. The van der Waals surface area contributed by atoms with Gasteiger partial charge in [0.2, 0.25) is 12.4 Å². The second-order valence-corrected chi connectivity index (χ2v) is 4.04. The molecule has 1 aromatic carbocycles. The summed E-state index contributed by atoms with van der Waals surface area (Å²) in [6, 6.07) is 6.78. The van der Waals surface area contributed by atoms with Crippen LogP contribution in [0, 0.1) is 0 Å². The molecule has 0 aliphatic carbocycles. The highest BCUT2D eigenvalue weighted by Gasteiger charge is 2.34. The molecule has 0 saturated carbocycles. The van der Waals surface area contributed by atoms with Crippen molar-refractivity contribution in [2.45, 2.75) is 6.18 Å². The summed E-state index contributed by atoms with van der Waals surface area (Å²) in [6.45, 7) is 0. The molecular formula is C14H13F3NO2+. The Morgan fingerprint density at radius 1 is 1.00 bits per heavy atom. The van der Waals surface area contributed by atoms with E-state index >= 15 is 0 Å². The highest BCUT2D eigenvalue weighted by molar-refractivity contribution is 5.69. The van der Waals surface area contributed by atoms with Crippen LogP contribution in [-0.4, -0.2) is 14.2 Å². The molecule has 0 saturated heterocycles. The standard InChI is InChI=1S/C14H13F3NO2/c1-19-11-3-4-13(14(15,16)17)12(9-11)10-5-7-18(20-2)8-6-10/h3-9H,1-2H3/q+1. The van der Waals surface area contributed by atoms with E-state index in [-0.39, 0.29) is 5.56 Å². The van der Waals surface area contributed by atoms with Gasteiger partial charge in [0.15, 0.2) is 0 Å². The summed E-state index contributed by atoms with van der Waals surface area (Å²) in [5.41, 5.74) is -0.196. The van der Waals surface area contributed by atoms with E-state index in [1.165, 1.54) is 43.5 Å². The van der Waals surface area contributed by atoms with E-state index in [9.17, 15) is 13.2 Å². The van der Waals surface area contributed by atoms with Crippen molar-refractivity contribution in [3.8, 4) is 16.9 Å². The Bertz CT molecular complexity index is 594. The molecule has 106 valence electrons. The lowest BCUT2D eigenvalue weighted by Crippen LogP contribution is -2.39. The molecular weight excluding hydrogens is 271 g/mol. The smallest absolute Gasteiger partial charge is 0.417 e. The highest BCUT2D eigenvalue weighted by atomic mass is 19.4. The number of pyridine rings is 1. The quantitative estimate of drug-likeness (QED) is 0.809. The van der Waals surface area contributed by atoms with Crippen molar-refractivity contribution >= 4 is 0 Å². The van der Waals surface area contributed by atoms with Crippen LogP contribution in [0.1, 0.15) is 5.56 Å². The minimum absolute atomic E-state index is 0.0695. The fourth-order valence-corrected chi connectivity index (χ4v) is 1.85. The second kappa shape index (κ2) is 5.40. The maximum absolute atomic E-state index is 13.0. The molecule has 6 heteroatoms. The average Bonchev–Trinajstić information content (AvgIpc) is 2.45. The topological polar surface area (TPSA) is 22.3 Å². The fourth-order valence-electron chi connectivity index (χ4n) is 1.85. The molecule has 0 aliphatic heterocycles. The van der Waals surface area contributed by atoms with Crippen molar-refractivity contribution in [2.24, 2.45) is 0 Å². The molecule has 20 heavy (non-hydrogen) atoms. The molecule has 0 spiro atoms. The molecule has 3 nitrogen and oxygen atoms in total. The molecule has 2 rings (SSSR count). The number of hydrogen-bond donors (Lipinski definition) is 0. The molecule has 0 aliphatic rings. The predicted molar refractivity (Wildman–Crippen MR) is 66.1 cm³/mol. The predicted octanol–water partition coefficient (Wildman–Crippen LogP) is 2.73. The van der Waals surface area contributed by atoms with Crippen LogP contribution < -0.4 is 14.3 Å². The number of ether oxygens (including phenoxy) is 1. The fraction of sp³-hybridized carbons (Fsp3) is 0.214. The van der Waals surface area contributed by atoms with E-state index in [0.717, 1.165) is 6.07 Å². The Morgan fingerprint density at radius 2 is 1.65 bits per heavy atom. The van der Waals surface area contributed by atoms with Gasteiger partial charge < -0.3 is 4.74 Å². The van der Waals surface area contributed by atoms with Gasteiger partial charge in [-0.2, -0.15) is 13.2 Å². The third kappa shape index (κ3) is 2.84. The van der Waals surface area contributed by atoms with Gasteiger partial charge in [0.1, 0.15) is 12.9 Å². The van der Waals surface area contributed by atoms with Crippen molar-refractivity contribution < 1.29 is 27.5 Å². The molecule has 0 radical (unpaired) electrons. The first kappa shape index (κ1) is 14.2. The lowest BCUT2D eigenvalue weighted by atomic mass is 10.00. The maximum Gasteiger partial charge on any atom is 0.417 e. The van der Waals surface area contributed by atoms with Crippen LogP contribution in [0.3, 0.4) is 0 Å². The van der Waals surface area contributed by atoms with Crippen LogP contribution in [0.2, 0.25) is 0 Å². The molecule has 0 fully saturated rings. The number of halogens is 3. The number of hydrogen-bond acceptors (Lipinski definition) is 2. The van der Waals surface area contributed by atoms with Gasteiger partial charge in [-0.1, -0.05) is 0 Å². The third-order valence-corrected chi connectivity index (χ3v) is 2.86. The minimum Gasteiger partial charge on any atom is -0.497 e. The van der Waals surface area contributed by atoms with E-state index in [2.05, 4.69) is 0 Å². The Balaban J connectivity index is 2.56. The molecule has 0 atom stereocenters. The van der Waals surface area contributed by atoms with Gasteiger partial charge in [-0.25, -0.2) is 0 Å². The summed E-state index contributed by atoms with van der Waals surface area (Å²) in [7, 11) is 2.88. The highest BCUT2D eigenvalue weighted by Crippen LogP contribution is 2.38. The van der Waals surface area contributed by atoms with Gasteiger partial charge in [-0.15, -0.1) is 0 Å². The first-order chi connectivity index (χ1) is 9.45. The van der Waals surface area contributed by atoms with Crippen molar-refractivity contribution in [3.63, 3.8) is 0 Å². The normalized spacial score (nSPS) is 11.2. The summed E-state index contributed by atoms with van der Waals surface area (Å²) < 4.78 is 45.5. The molecule has 1 aromatic heterocycles. The van der Waals surface area contributed by atoms with Gasteiger partial charge >= 0.3 is 6.18 Å². The zero-order valence-corrected chi connectivity index (χ0v) is 10.9. The lowest BCUT2D eigenvalue weighted by Gasteiger charge is -2.13. The molecule has 0 N–H and O–H groups in total. The van der Waals surface area contributed by atoms with E-state index in [0.29, 0.717) is 11.3 Å². The van der Waals surface area contributed by atoms with Crippen molar-refractivity contribution in [2.75, 3.05) is 14.2 Å². The first-order valence-electron chi connectivity index (χ1n) is 5.77. The van der Waals surface area contributed by atoms with Crippen LogP contribution in [0.5, 0.6) is 5.75 Å². The maximum atomic E-state index is 13.0. The number of rotatable bonds is 3. The number of methoxy groups -OCH3 is 1. The zero-order valence-electron chi connectivity index (χ0n) is 10.9. The van der Waals surface area contributed by atoms with E-state index in [1.807, 2.05) is 0 Å². The van der Waals surface area contributed by atoms with E-state index in [1.54, 1.807) is 12.1 Å². The number of aromatic nitrogens is 1. The molecule has 0 bridgehead atoms. The monoisotopic (exact) mass is 284 g/mol. The molecule has 0 unspecified atom stereocenters. The van der Waals surface area contributed by atoms with Crippen LogP contribution >= 0.6 is 0 Å². The van der Waals surface area contributed by atoms with E-state index in [4.69, 9.17) is 9.57 Å². The number of benzene rings is 1. The number of nitrogens with zero attached hydrogens (tertiary/aromatic N) is 1. The van der Waals surface area contributed by atoms with Crippen molar-refractivity contribution in [1.82, 2.24) is 0 Å². The minimum atomic E-state index is -4.42. The first-order valence-corrected chi connectivity index (χ1v) is 5.77. The summed E-state index contributed by atoms with van der Waals surface area (Å²) in [6.07, 6.45) is -1.35. The molecule has 1 heterocycles. The summed E-state index contributed by atoms with van der Waals surface area (Å²) in [5.74, 6) is 0.372. The molecule has 2 aromatic rings. The zero-order chi connectivity index (χ0) is 14.8. The largest absolute Gasteiger partial charge is 0.497 e. The van der Waals surface area contributed by atoms with Gasteiger partial charge in [-0.05, 0) is 29.3 Å². The van der Waals surface area contributed by atoms with E-state index < -0.39 is 11.7 Å². The Hall–Kier alpha value is -2.24. The van der Waals surface area contributed by atoms with Crippen molar-refractivity contribution in [3.05, 3.63) is 48.3 Å². The van der Waals surface area contributed by atoms with Gasteiger partial charge in [-0.3, -0.25) is 4.84 Å². The molecule has 0 amide bonds. The Kier molecular flexibility index (Phi) is 3.83. The average molecular weight is 284 g/mol. The summed E-state index contributed by atoms with van der Waals surface area (Å²) in [5, 5.41) is 0. The van der Waals surface area contributed by atoms with Crippen LogP contribution in [0.4, 0.5) is 13.2 Å². The van der Waals surface area contributed by atoms with Crippen LogP contribution in [0.15, 0.2) is 42.7 Å². The van der Waals surface area contributed by atoms with Gasteiger partial charge in [0.05, 0.1) is 12.7 Å². The Labute approximate surface area is 114 Å².